The van der Waals surface area contributed by atoms with Crippen LogP contribution in [0, 0.1) is 0 Å². The van der Waals surface area contributed by atoms with Crippen molar-refractivity contribution in [2.45, 2.75) is 0 Å². The van der Waals surface area contributed by atoms with E-state index in [0.717, 1.165) is 0 Å². The molecule has 0 saturated heterocycles. The van der Waals surface area contributed by atoms with Gasteiger partial charge < -0.3 is 0 Å². The molecule has 0 unspecified atom stereocenters. The van der Waals surface area contributed by atoms with Crippen LogP contribution in [0.2, 0.25) is 0 Å². The van der Waals surface area contributed by atoms with Crippen molar-refractivity contribution in [2.75, 3.05) is 0 Å². The fraction of sp³-hybridized carbons (Fsp3) is 0. The molecule has 0 aliphatic rings. The van der Waals surface area contributed by atoms with Gasteiger partial charge in [0.2, 0.25) is 0 Å². The van der Waals surface area contributed by atoms with E-state index >= 15 is 0 Å². The van der Waals surface area contributed by atoms with Gasteiger partial charge in [0.05, 0.1) is 0 Å². The molecule has 0 aliphatic carbocycles. The van der Waals surface area contributed by atoms with Crippen LogP contribution in [-0.4, -0.2) is 23.2 Å². The molecule has 0 N–H and O–H groups in total. The second kappa shape index (κ2) is 9.03. The number of hydrogen-bond acceptors (Lipinski definition) is 2. The molecular weight excluding hydrogens is 321 g/mol. The predicted molar refractivity (Wildman–Crippen MR) is 17.4 cm³/mol. The molecule has 0 rings (SSSR count). The van der Waals surface area contributed by atoms with E-state index in [1.165, 1.54) is 0 Å². The molecule has 0 fully saturated rings. The maximum absolute atomic E-state index is 8.56. The maximum atomic E-state index is 8.56. The molecule has 0 aromatic carbocycles. The topological polar surface area (TPSA) is 34.1 Å². The molecule has 0 aliphatic heterocycles. The zero-order valence-corrected chi connectivity index (χ0v) is 6.86. The molecule has 25 valence electrons. The molecule has 0 bridgehead atoms. The third-order valence-electron chi connectivity index (χ3n) is 0. The van der Waals surface area contributed by atoms with Gasteiger partial charge in [-0.2, -0.15) is 0 Å². The summed E-state index contributed by atoms with van der Waals surface area (Å²) in [6.45, 7) is 0. The number of halogens is 1. The normalized spacial score (nSPS) is 2.00. The Hall–Kier alpha value is 0.963. The van der Waals surface area contributed by atoms with Crippen LogP contribution in [0.25, 0.3) is 0 Å². The standard InChI is InChI=1S/Bi.BrH.2O/h;1H;;. The Morgan fingerprint density at radius 3 is 1.25 bits per heavy atom. The van der Waals surface area contributed by atoms with Gasteiger partial charge in [0.1, 0.15) is 0 Å². The Bertz CT molecular complexity index is 27.0. The van der Waals surface area contributed by atoms with E-state index in [1.807, 2.05) is 0 Å². The van der Waals surface area contributed by atoms with E-state index in [0.29, 0.717) is 0 Å². The summed E-state index contributed by atoms with van der Waals surface area (Å²) in [5, 5.41) is 0. The van der Waals surface area contributed by atoms with Gasteiger partial charge in [-0.25, -0.2) is 0 Å². The quantitative estimate of drug-likeness (QED) is 0.587. The summed E-state index contributed by atoms with van der Waals surface area (Å²) in [6.07, 6.45) is 0. The van der Waals surface area contributed by atoms with Crippen molar-refractivity contribution < 1.29 is 5.63 Å². The molecule has 0 aromatic heterocycles. The molecule has 0 amide bonds. The predicted octanol–water partition coefficient (Wildman–Crippen LogP) is -0.0405. The second-order valence-corrected chi connectivity index (χ2v) is 0.654. The summed E-state index contributed by atoms with van der Waals surface area (Å²) in [5.41, 5.74) is 0. The van der Waals surface area contributed by atoms with Gasteiger partial charge in [-0.1, -0.05) is 0 Å². The van der Waals surface area contributed by atoms with Gasteiger partial charge in [0.15, 0.2) is 0 Å². The van der Waals surface area contributed by atoms with Crippen molar-refractivity contribution in [3.05, 3.63) is 0 Å². The van der Waals surface area contributed by atoms with Gasteiger partial charge in [-0.05, 0) is 0 Å². The fourth-order valence-electron chi connectivity index (χ4n) is 0. The van der Waals surface area contributed by atoms with Crippen LogP contribution in [0.5, 0.6) is 0 Å². The molecule has 1 radical (unpaired) electrons. The first kappa shape index (κ1) is 8.88. The van der Waals surface area contributed by atoms with Crippen molar-refractivity contribution >= 4 is 40.2 Å². The van der Waals surface area contributed by atoms with Crippen LogP contribution < -0.4 is 0 Å². The molecule has 0 heterocycles. The fourth-order valence-corrected chi connectivity index (χ4v) is 0. The molecule has 0 saturated carbocycles. The van der Waals surface area contributed by atoms with Gasteiger partial charge in [0, 0.05) is 0 Å². The molecule has 0 atom stereocenters. The molecular formula is HBiBrO2. The third kappa shape index (κ3) is 12.3. The van der Waals surface area contributed by atoms with Crippen LogP contribution in [0.3, 0.4) is 0 Å². The average molecular weight is 322 g/mol. The number of rotatable bonds is 0. The van der Waals surface area contributed by atoms with E-state index in [9.17, 15) is 0 Å². The van der Waals surface area contributed by atoms with Crippen molar-refractivity contribution in [1.29, 1.82) is 0 Å². The minimum atomic E-state index is -2.33. The monoisotopic (exact) mass is 321 g/mol. The Labute approximate surface area is 45.8 Å². The molecule has 2 nitrogen and oxygen atoms in total. The first-order valence-electron chi connectivity index (χ1n) is 0.365. The first-order chi connectivity index (χ1) is 1.41. The van der Waals surface area contributed by atoms with E-state index < -0.39 is 23.2 Å². The van der Waals surface area contributed by atoms with Crippen molar-refractivity contribution in [3.63, 3.8) is 0 Å². The van der Waals surface area contributed by atoms with Gasteiger partial charge in [-0.15, -0.1) is 17.0 Å². The molecule has 4 heavy (non-hydrogen) atoms. The van der Waals surface area contributed by atoms with E-state index in [1.54, 1.807) is 0 Å². The van der Waals surface area contributed by atoms with Crippen LogP contribution in [-0.2, 0) is 5.63 Å². The summed E-state index contributed by atoms with van der Waals surface area (Å²) in [7, 11) is 0. The summed E-state index contributed by atoms with van der Waals surface area (Å²) in [6, 6.07) is 0. The van der Waals surface area contributed by atoms with E-state index in [-0.39, 0.29) is 17.0 Å². The van der Waals surface area contributed by atoms with Crippen molar-refractivity contribution in [1.82, 2.24) is 0 Å². The zero-order valence-electron chi connectivity index (χ0n) is 1.67. The second-order valence-electron chi connectivity index (χ2n) is 0.0745. The Morgan fingerprint density at radius 1 is 1.25 bits per heavy atom. The van der Waals surface area contributed by atoms with E-state index in [2.05, 4.69) is 0 Å². The van der Waals surface area contributed by atoms with Crippen LogP contribution >= 0.6 is 17.0 Å². The SMILES string of the molecule is Br.[O]=[Bi]=[O]. The van der Waals surface area contributed by atoms with Crippen LogP contribution in [0.15, 0.2) is 0 Å². The molecule has 0 aromatic rings. The summed E-state index contributed by atoms with van der Waals surface area (Å²) >= 11 is -2.33. The zero-order chi connectivity index (χ0) is 2.71. The Morgan fingerprint density at radius 2 is 1.25 bits per heavy atom. The van der Waals surface area contributed by atoms with E-state index in [4.69, 9.17) is 5.63 Å². The summed E-state index contributed by atoms with van der Waals surface area (Å²) in [5.74, 6) is 0. The van der Waals surface area contributed by atoms with Crippen LogP contribution in [0.4, 0.5) is 0 Å². The Kier molecular flexibility index (Phi) is 20.0. The van der Waals surface area contributed by atoms with Gasteiger partial charge in [0.25, 0.3) is 0 Å². The molecule has 4 heteroatoms. The minimum absolute atomic E-state index is 0. The van der Waals surface area contributed by atoms with Gasteiger partial charge >= 0.3 is 28.9 Å². The average Bonchev–Trinajstić information content (AvgIpc) is 0.918. The van der Waals surface area contributed by atoms with Crippen molar-refractivity contribution in [2.24, 2.45) is 0 Å². The van der Waals surface area contributed by atoms with Gasteiger partial charge in [-0.3, -0.25) is 0 Å². The summed E-state index contributed by atoms with van der Waals surface area (Å²) in [4.78, 5) is 0. The van der Waals surface area contributed by atoms with Crippen molar-refractivity contribution in [3.8, 4) is 0 Å². The molecule has 0 spiro atoms. The number of hydrogen-bond donors (Lipinski definition) is 0. The third-order valence-corrected chi connectivity index (χ3v) is 0. The summed E-state index contributed by atoms with van der Waals surface area (Å²) < 4.78 is 17.1. The first-order valence-corrected chi connectivity index (χ1v) is 3.20. The van der Waals surface area contributed by atoms with Crippen LogP contribution in [0.1, 0.15) is 0 Å². The Balaban J connectivity index is 0.